The molecule has 1 heterocycles. The van der Waals surface area contributed by atoms with E-state index in [1.807, 2.05) is 0 Å². The van der Waals surface area contributed by atoms with Crippen molar-refractivity contribution in [3.63, 3.8) is 0 Å². The van der Waals surface area contributed by atoms with E-state index in [2.05, 4.69) is 102 Å². The second-order valence-corrected chi connectivity index (χ2v) is 27.8. The zero-order valence-electron chi connectivity index (χ0n) is 38.3. The molecule has 1 aliphatic heterocycles. The molecule has 3 nitrogen and oxygen atoms in total. The fraction of sp³-hybridized carbons (Fsp3) is 0.677. The van der Waals surface area contributed by atoms with E-state index in [9.17, 15) is 0 Å². The van der Waals surface area contributed by atoms with Crippen LogP contribution in [-0.4, -0.2) is 18.5 Å². The molecule has 1 spiro atoms. The van der Waals surface area contributed by atoms with Gasteiger partial charge in [0.2, 0.25) is 0 Å². The van der Waals surface area contributed by atoms with E-state index in [1.165, 1.54) is 17.7 Å². The minimum atomic E-state index is 0.387. The van der Waals surface area contributed by atoms with Gasteiger partial charge in [0.1, 0.15) is 13.2 Å². The number of hydrogen-bond donors (Lipinski definition) is 0. The second kappa shape index (κ2) is 11.2. The Kier molecular flexibility index (Phi) is 6.05. The minimum absolute atomic E-state index is 0.387. The fourth-order valence-corrected chi connectivity index (χ4v) is 28.3. The highest BCUT2D eigenvalue weighted by Gasteiger charge is 2.88. The van der Waals surface area contributed by atoms with Gasteiger partial charge in [0, 0.05) is 12.6 Å². The first kappa shape index (κ1) is 35.1. The third-order valence-corrected chi connectivity index (χ3v) is 27.4. The molecule has 0 radical (unpaired) electrons. The normalized spacial score (nSPS) is 60.0. The predicted octanol–water partition coefficient (Wildman–Crippen LogP) is 11.7. The maximum Gasteiger partial charge on any atom is 0.162 e. The number of ether oxygens (including phenoxy) is 2. The Morgan fingerprint density at radius 3 is 1.74 bits per heavy atom. The van der Waals surface area contributed by atoms with E-state index in [0.29, 0.717) is 24.7 Å². The van der Waals surface area contributed by atoms with Crippen LogP contribution in [0.5, 0.6) is 11.5 Å². The van der Waals surface area contributed by atoms with Crippen molar-refractivity contribution in [2.24, 2.45) is 171 Å². The summed E-state index contributed by atoms with van der Waals surface area (Å²) in [6, 6.07) is 29.5. The van der Waals surface area contributed by atoms with Crippen LogP contribution in [0, 0.1) is 171 Å². The van der Waals surface area contributed by atoms with Gasteiger partial charge in [-0.25, -0.2) is 0 Å². The Balaban J connectivity index is 0.793. The van der Waals surface area contributed by atoms with E-state index in [1.54, 1.807) is 56.9 Å². The summed E-state index contributed by atoms with van der Waals surface area (Å²) in [5, 5.41) is 0. The molecular formula is C62H67NO2. The third-order valence-electron chi connectivity index (χ3n) is 27.4. The van der Waals surface area contributed by atoms with Gasteiger partial charge in [-0.15, -0.1) is 0 Å². The van der Waals surface area contributed by atoms with Crippen LogP contribution >= 0.6 is 0 Å². The molecule has 3 aromatic rings. The molecule has 3 heteroatoms. The van der Waals surface area contributed by atoms with Crippen molar-refractivity contribution in [1.82, 2.24) is 4.90 Å². The van der Waals surface area contributed by atoms with Crippen molar-refractivity contribution in [2.45, 2.75) is 70.6 Å². The first-order chi connectivity index (χ1) is 32.1. The summed E-state index contributed by atoms with van der Waals surface area (Å²) in [6.07, 6.45) is 13.1. The lowest BCUT2D eigenvalue weighted by Gasteiger charge is -2.64. The maximum atomic E-state index is 6.98. The summed E-state index contributed by atoms with van der Waals surface area (Å²) < 4.78 is 13.7. The summed E-state index contributed by atoms with van der Waals surface area (Å²) in [7, 11) is 2.61. The molecule has 15 fully saturated rings. The predicted molar refractivity (Wildman–Crippen MR) is 247 cm³/mol. The highest BCUT2D eigenvalue weighted by atomic mass is 16.5. The second-order valence-electron chi connectivity index (χ2n) is 27.8. The zero-order valence-corrected chi connectivity index (χ0v) is 38.3. The SMILES string of the molecule is CN1CC2C3CC4CC5CC6CC7CC8CC9CC%10CC2(C2C%11C3C3=C%12C%13C(C5C34)C6C3C7C8C4C9C(C(C%12%11)C4C%133)C%102)C1c1ccc(OCc2ccccc2)c(OCc2ccccc2)c1. The van der Waals surface area contributed by atoms with Gasteiger partial charge in [-0.1, -0.05) is 77.9 Å². The molecule has 16 aliphatic carbocycles. The van der Waals surface area contributed by atoms with Crippen molar-refractivity contribution < 1.29 is 9.47 Å². The number of allylic oxidation sites excluding steroid dienone is 2. The van der Waals surface area contributed by atoms with Gasteiger partial charge in [-0.3, -0.25) is 4.90 Å². The van der Waals surface area contributed by atoms with Gasteiger partial charge >= 0.3 is 0 Å². The quantitative estimate of drug-likeness (QED) is 0.221. The Morgan fingerprint density at radius 1 is 0.477 bits per heavy atom. The van der Waals surface area contributed by atoms with Gasteiger partial charge in [0.25, 0.3) is 0 Å². The number of nitrogens with zero attached hydrogens (tertiary/aromatic N) is 1. The minimum Gasteiger partial charge on any atom is -0.485 e. The number of fused-ring (bicyclic) bond motifs is 1. The molecule has 30 unspecified atom stereocenters. The lowest BCUT2D eigenvalue weighted by molar-refractivity contribution is -0.158. The Morgan fingerprint density at radius 2 is 1.02 bits per heavy atom. The highest BCUT2D eigenvalue weighted by Crippen LogP contribution is 2.93. The largest absolute Gasteiger partial charge is 0.485 e. The maximum absolute atomic E-state index is 6.98. The summed E-state index contributed by atoms with van der Waals surface area (Å²) in [5.41, 5.74) is 9.06. The van der Waals surface area contributed by atoms with Crippen LogP contribution < -0.4 is 9.47 Å². The topological polar surface area (TPSA) is 21.7 Å². The summed E-state index contributed by atoms with van der Waals surface area (Å²) in [5.74, 6) is 31.6. The Hall–Kier alpha value is -3.04. The van der Waals surface area contributed by atoms with Gasteiger partial charge in [-0.2, -0.15) is 0 Å². The first-order valence-electron chi connectivity index (χ1n) is 28.1. The third kappa shape index (κ3) is 3.59. The van der Waals surface area contributed by atoms with E-state index < -0.39 is 0 Å². The zero-order chi connectivity index (χ0) is 41.2. The molecular weight excluding hydrogens is 791 g/mol. The lowest BCUT2D eigenvalue weighted by atomic mass is 9.39. The van der Waals surface area contributed by atoms with Gasteiger partial charge in [-0.05, 0) is 258 Å². The van der Waals surface area contributed by atoms with Crippen LogP contribution in [-0.2, 0) is 13.2 Å². The molecule has 3 aromatic carbocycles. The number of rotatable bonds is 7. The fourth-order valence-electron chi connectivity index (χ4n) is 28.3. The first-order valence-corrected chi connectivity index (χ1v) is 28.1. The average molecular weight is 858 g/mol. The van der Waals surface area contributed by atoms with Crippen LogP contribution in [0.4, 0.5) is 0 Å². The molecule has 0 amide bonds. The van der Waals surface area contributed by atoms with Crippen molar-refractivity contribution in [2.75, 3.05) is 13.6 Å². The highest BCUT2D eigenvalue weighted by molar-refractivity contribution is 5.52. The number of benzene rings is 3. The molecule has 0 bridgehead atoms. The van der Waals surface area contributed by atoms with Crippen LogP contribution in [0.15, 0.2) is 90.0 Å². The van der Waals surface area contributed by atoms with E-state index in [-0.39, 0.29) is 0 Å². The summed E-state index contributed by atoms with van der Waals surface area (Å²) >= 11 is 0. The smallest absolute Gasteiger partial charge is 0.162 e. The van der Waals surface area contributed by atoms with E-state index >= 15 is 0 Å². The van der Waals surface area contributed by atoms with Crippen molar-refractivity contribution in [3.8, 4) is 11.5 Å². The van der Waals surface area contributed by atoms with Crippen LogP contribution in [0.25, 0.3) is 0 Å². The van der Waals surface area contributed by atoms with E-state index in [4.69, 9.17) is 9.47 Å². The van der Waals surface area contributed by atoms with Crippen molar-refractivity contribution in [3.05, 3.63) is 107 Å². The van der Waals surface area contributed by atoms with E-state index in [0.717, 1.165) is 177 Å². The molecule has 0 aromatic heterocycles. The van der Waals surface area contributed by atoms with Gasteiger partial charge in [0.05, 0.1) is 0 Å². The number of likely N-dealkylation sites (tertiary alicyclic amines) is 1. The molecule has 0 N–H and O–H groups in total. The molecule has 17 aliphatic rings. The number of hydrogen-bond acceptors (Lipinski definition) is 3. The Bertz CT molecular complexity index is 2670. The van der Waals surface area contributed by atoms with Crippen molar-refractivity contribution in [1.29, 1.82) is 0 Å². The van der Waals surface area contributed by atoms with Crippen LogP contribution in [0.2, 0.25) is 0 Å². The average Bonchev–Trinajstić information content (AvgIpc) is 4.19. The standard InChI is InChI=1S/C62H67NO2/c1-63-23-37-36-20-34-18-31-16-32-15-29-14-30-17-33-19-35-22-62(37,61(63)28-12-13-38(64-24-26-8-4-2-5-9-26)39(21-28)65-25-27-10-6-3-7-11-27)60-46(35)51-45(33)50-41(30)40(29)48-44(32)49-42(31)43(34)52-47(36)59(60)58-56(51)54(50)53(48)55(49)57(52)58/h2-13,21,29-37,40-51,53-56,58-61H,14-20,22-25H2,1H3. The summed E-state index contributed by atoms with van der Waals surface area (Å²) in [4.78, 5) is 3.00. The van der Waals surface area contributed by atoms with Crippen LogP contribution in [0.3, 0.4) is 0 Å². The van der Waals surface area contributed by atoms with Gasteiger partial charge < -0.3 is 9.47 Å². The molecule has 14 saturated carbocycles. The molecule has 332 valence electrons. The van der Waals surface area contributed by atoms with Gasteiger partial charge in [0.15, 0.2) is 11.5 Å². The van der Waals surface area contributed by atoms with Crippen LogP contribution in [0.1, 0.15) is 74.1 Å². The van der Waals surface area contributed by atoms with Crippen molar-refractivity contribution >= 4 is 0 Å². The molecule has 30 atom stereocenters. The molecule has 65 heavy (non-hydrogen) atoms. The Labute approximate surface area is 386 Å². The summed E-state index contributed by atoms with van der Waals surface area (Å²) in [6.45, 7) is 2.47. The monoisotopic (exact) mass is 858 g/mol. The molecule has 20 rings (SSSR count). The lowest BCUT2D eigenvalue weighted by Crippen LogP contribution is -2.61. The molecule has 1 saturated heterocycles.